The predicted octanol–water partition coefficient (Wildman–Crippen LogP) is 1.88. The second-order valence-electron chi connectivity index (χ2n) is 8.26. The normalized spacial score (nSPS) is 28.1. The van der Waals surface area contributed by atoms with E-state index in [0.717, 1.165) is 61.3 Å². The van der Waals surface area contributed by atoms with Gasteiger partial charge in [0.25, 0.3) is 0 Å². The summed E-state index contributed by atoms with van der Waals surface area (Å²) in [7, 11) is 0. The summed E-state index contributed by atoms with van der Waals surface area (Å²) in [5, 5.41) is 17.1. The minimum atomic E-state index is -0.0229. The average molecular weight is 376 g/mol. The Kier molecular flexibility index (Phi) is 4.08. The number of nitrogens with one attached hydrogen (secondary N) is 1. The van der Waals surface area contributed by atoms with Crippen LogP contribution in [0.1, 0.15) is 42.6 Å². The van der Waals surface area contributed by atoms with Crippen LogP contribution in [0.5, 0.6) is 0 Å². The molecule has 28 heavy (non-hydrogen) atoms. The number of hydrogen-bond donors (Lipinski definition) is 1. The third kappa shape index (κ3) is 2.75. The van der Waals surface area contributed by atoms with Gasteiger partial charge < -0.3 is 10.2 Å². The Bertz CT molecular complexity index is 960. The van der Waals surface area contributed by atoms with E-state index in [2.05, 4.69) is 21.6 Å². The third-order valence-electron chi connectivity index (χ3n) is 6.59. The molecule has 1 unspecified atom stereocenters. The fraction of sp³-hybridized carbons (Fsp3) is 0.524. The third-order valence-corrected chi connectivity index (χ3v) is 6.59. The molecule has 4 atom stereocenters. The number of carbonyl (C=O) groups is 1. The molecule has 144 valence electrons. The van der Waals surface area contributed by atoms with Gasteiger partial charge in [-0.25, -0.2) is 9.67 Å². The molecule has 1 aliphatic carbocycles. The van der Waals surface area contributed by atoms with Gasteiger partial charge in [0.05, 0.1) is 18.3 Å². The van der Waals surface area contributed by atoms with Crippen LogP contribution in [0.2, 0.25) is 0 Å². The first kappa shape index (κ1) is 17.2. The number of nitrogens with zero attached hydrogens (tertiary/aromatic N) is 5. The zero-order chi connectivity index (χ0) is 19.3. The zero-order valence-electron chi connectivity index (χ0n) is 16.0. The fourth-order valence-electron chi connectivity index (χ4n) is 5.19. The molecule has 2 aliphatic heterocycles. The van der Waals surface area contributed by atoms with Gasteiger partial charge in [-0.05, 0) is 63.1 Å². The topological polar surface area (TPSA) is 86.8 Å². The zero-order valence-corrected chi connectivity index (χ0v) is 16.0. The molecular formula is C21H24N6O. The van der Waals surface area contributed by atoms with Crippen molar-refractivity contribution in [1.29, 1.82) is 5.26 Å². The lowest BCUT2D eigenvalue weighted by atomic mass is 9.86. The van der Waals surface area contributed by atoms with Crippen LogP contribution < -0.4 is 5.32 Å². The molecule has 2 aromatic rings. The second-order valence-corrected chi connectivity index (χ2v) is 8.26. The van der Waals surface area contributed by atoms with Crippen LogP contribution in [-0.4, -0.2) is 43.7 Å². The first-order valence-electron chi connectivity index (χ1n) is 10.1. The van der Waals surface area contributed by atoms with Crippen molar-refractivity contribution in [3.63, 3.8) is 0 Å². The maximum atomic E-state index is 12.9. The number of carbonyl (C=O) groups excluding carboxylic acids is 1. The lowest BCUT2D eigenvalue weighted by Crippen LogP contribution is -2.46. The first-order valence-corrected chi connectivity index (χ1v) is 10.1. The number of aryl methyl sites for hydroxylation is 1. The predicted molar refractivity (Wildman–Crippen MR) is 102 cm³/mol. The Morgan fingerprint density at radius 1 is 1.32 bits per heavy atom. The highest BCUT2D eigenvalue weighted by atomic mass is 16.2. The lowest BCUT2D eigenvalue weighted by Gasteiger charge is -2.27. The summed E-state index contributed by atoms with van der Waals surface area (Å²) in [4.78, 5) is 19.4. The SMILES string of the molecule is Cc1cccc(-n2ncc3c2CCC(C(=O)N[C@@H]2C[C@@H]4CC[C@H]2N4C#N)C3)n1. The minimum absolute atomic E-state index is 0.0229. The van der Waals surface area contributed by atoms with E-state index in [4.69, 9.17) is 0 Å². The lowest BCUT2D eigenvalue weighted by molar-refractivity contribution is -0.126. The minimum Gasteiger partial charge on any atom is -0.351 e. The molecule has 7 heteroatoms. The molecule has 2 aromatic heterocycles. The average Bonchev–Trinajstić information content (AvgIpc) is 3.39. The monoisotopic (exact) mass is 376 g/mol. The van der Waals surface area contributed by atoms with Crippen molar-refractivity contribution in [3.05, 3.63) is 41.3 Å². The Balaban J connectivity index is 1.28. The summed E-state index contributed by atoms with van der Waals surface area (Å²) in [5.41, 5.74) is 3.27. The maximum absolute atomic E-state index is 12.9. The van der Waals surface area contributed by atoms with Gasteiger partial charge >= 0.3 is 0 Å². The smallest absolute Gasteiger partial charge is 0.223 e. The van der Waals surface area contributed by atoms with Gasteiger partial charge in [0.2, 0.25) is 5.91 Å². The van der Waals surface area contributed by atoms with Crippen LogP contribution in [0, 0.1) is 24.3 Å². The van der Waals surface area contributed by atoms with E-state index in [1.165, 1.54) is 0 Å². The Hall–Kier alpha value is -2.88. The largest absolute Gasteiger partial charge is 0.351 e. The molecule has 4 heterocycles. The molecule has 2 bridgehead atoms. The number of pyridine rings is 1. The summed E-state index contributed by atoms with van der Waals surface area (Å²) < 4.78 is 1.91. The van der Waals surface area contributed by atoms with Crippen LogP contribution in [0.3, 0.4) is 0 Å². The van der Waals surface area contributed by atoms with E-state index in [1.807, 2.05) is 40.9 Å². The van der Waals surface area contributed by atoms with Gasteiger partial charge in [-0.1, -0.05) is 6.07 Å². The van der Waals surface area contributed by atoms with Gasteiger partial charge in [0, 0.05) is 23.3 Å². The number of nitriles is 1. The molecule has 0 saturated carbocycles. The van der Waals surface area contributed by atoms with Crippen molar-refractivity contribution in [2.75, 3.05) is 0 Å². The highest BCUT2D eigenvalue weighted by Gasteiger charge is 2.47. The van der Waals surface area contributed by atoms with Gasteiger partial charge in [0.15, 0.2) is 12.0 Å². The number of rotatable bonds is 3. The Morgan fingerprint density at radius 3 is 3.00 bits per heavy atom. The highest BCUT2D eigenvalue weighted by Crippen LogP contribution is 2.37. The number of aromatic nitrogens is 3. The Labute approximate surface area is 164 Å². The number of hydrogen-bond acceptors (Lipinski definition) is 5. The van der Waals surface area contributed by atoms with Gasteiger partial charge in [-0.15, -0.1) is 0 Å². The summed E-state index contributed by atoms with van der Waals surface area (Å²) in [6.07, 6.45) is 9.53. The van der Waals surface area contributed by atoms with E-state index in [9.17, 15) is 10.1 Å². The first-order chi connectivity index (χ1) is 13.6. The second kappa shape index (κ2) is 6.62. The molecule has 0 spiro atoms. The Morgan fingerprint density at radius 2 is 2.21 bits per heavy atom. The molecule has 5 rings (SSSR count). The highest BCUT2D eigenvalue weighted by molar-refractivity contribution is 5.79. The molecule has 0 aromatic carbocycles. The number of fused-ring (bicyclic) bond motifs is 3. The van der Waals surface area contributed by atoms with Gasteiger partial charge in [-0.2, -0.15) is 10.4 Å². The quantitative estimate of drug-likeness (QED) is 0.827. The van der Waals surface area contributed by atoms with Crippen molar-refractivity contribution < 1.29 is 4.79 Å². The van der Waals surface area contributed by atoms with Gasteiger partial charge in [-0.3, -0.25) is 4.79 Å². The van der Waals surface area contributed by atoms with Gasteiger partial charge in [0.1, 0.15) is 0 Å². The van der Waals surface area contributed by atoms with E-state index in [1.54, 1.807) is 0 Å². The molecule has 2 fully saturated rings. The molecule has 2 saturated heterocycles. The molecule has 7 nitrogen and oxygen atoms in total. The molecule has 1 N–H and O–H groups in total. The molecule has 0 radical (unpaired) electrons. The van der Waals surface area contributed by atoms with Crippen molar-refractivity contribution in [3.8, 4) is 12.0 Å². The van der Waals surface area contributed by atoms with Crippen LogP contribution >= 0.6 is 0 Å². The van der Waals surface area contributed by atoms with Crippen molar-refractivity contribution in [1.82, 2.24) is 25.0 Å². The van der Waals surface area contributed by atoms with Crippen molar-refractivity contribution in [2.45, 2.75) is 63.6 Å². The van der Waals surface area contributed by atoms with E-state index >= 15 is 0 Å². The van der Waals surface area contributed by atoms with E-state index in [-0.39, 0.29) is 23.9 Å². The summed E-state index contributed by atoms with van der Waals surface area (Å²) in [6.45, 7) is 1.98. The van der Waals surface area contributed by atoms with Crippen LogP contribution in [0.25, 0.3) is 5.82 Å². The van der Waals surface area contributed by atoms with E-state index < -0.39 is 0 Å². The van der Waals surface area contributed by atoms with Crippen molar-refractivity contribution >= 4 is 5.91 Å². The fourth-order valence-corrected chi connectivity index (χ4v) is 5.19. The maximum Gasteiger partial charge on any atom is 0.223 e. The summed E-state index contributed by atoms with van der Waals surface area (Å²) in [5.74, 6) is 0.940. The van der Waals surface area contributed by atoms with Crippen molar-refractivity contribution in [2.24, 2.45) is 5.92 Å². The van der Waals surface area contributed by atoms with Crippen LogP contribution in [0.15, 0.2) is 24.4 Å². The standard InChI is InChI=1S/C21H24N6O/c1-13-3-2-4-20(24-13)27-18-7-5-14(9-15(18)11-23-27)21(28)25-17-10-16-6-8-19(17)26(16)12-22/h2-4,11,14,16-17,19H,5-10H2,1H3,(H,25,28)/t14?,16-,17+,19+/m0/s1. The number of amides is 1. The van der Waals surface area contributed by atoms with Crippen LogP contribution in [0.4, 0.5) is 0 Å². The van der Waals surface area contributed by atoms with E-state index in [0.29, 0.717) is 6.04 Å². The molecular weight excluding hydrogens is 352 g/mol. The molecule has 1 amide bonds. The van der Waals surface area contributed by atoms with Crippen LogP contribution in [-0.2, 0) is 17.6 Å². The summed E-state index contributed by atoms with van der Waals surface area (Å²) >= 11 is 0. The summed E-state index contributed by atoms with van der Waals surface area (Å²) in [6, 6.07) is 6.56. The molecule has 3 aliphatic rings.